The van der Waals surface area contributed by atoms with Gasteiger partial charge in [0.25, 0.3) is 0 Å². The lowest BCUT2D eigenvalue weighted by atomic mass is 10.3. The molecular weight excluding hydrogens is 304 g/mol. The molecule has 116 valence electrons. The van der Waals surface area contributed by atoms with Crippen molar-refractivity contribution in [3.05, 3.63) is 54.4 Å². The maximum Gasteiger partial charge on any atom is 0.169 e. The number of fused-ring (bicyclic) bond motifs is 2. The summed E-state index contributed by atoms with van der Waals surface area (Å²) in [5, 5.41) is 1.04. The van der Waals surface area contributed by atoms with Gasteiger partial charge in [-0.05, 0) is 38.1 Å². The van der Waals surface area contributed by atoms with Crippen LogP contribution in [0.25, 0.3) is 22.1 Å². The molecule has 0 radical (unpaired) electrons. The van der Waals surface area contributed by atoms with E-state index >= 15 is 0 Å². The first kappa shape index (κ1) is 14.3. The smallest absolute Gasteiger partial charge is 0.169 e. The lowest BCUT2D eigenvalue weighted by Gasteiger charge is -2.12. The van der Waals surface area contributed by atoms with Crippen molar-refractivity contribution in [1.29, 1.82) is 0 Å². The number of hydrogen-bond donors (Lipinski definition) is 1. The highest BCUT2D eigenvalue weighted by molar-refractivity contribution is 7.98. The molecule has 0 aliphatic heterocycles. The van der Waals surface area contributed by atoms with E-state index in [1.165, 1.54) is 5.52 Å². The van der Waals surface area contributed by atoms with Gasteiger partial charge in [0, 0.05) is 6.04 Å². The summed E-state index contributed by atoms with van der Waals surface area (Å²) in [6.45, 7) is 4.39. The van der Waals surface area contributed by atoms with Crippen LogP contribution in [0, 0.1) is 0 Å². The lowest BCUT2D eigenvalue weighted by Crippen LogP contribution is -2.02. The molecule has 0 saturated carbocycles. The molecule has 0 amide bonds. The predicted molar refractivity (Wildman–Crippen MR) is 95.8 cm³/mol. The van der Waals surface area contributed by atoms with Crippen molar-refractivity contribution in [3.63, 3.8) is 0 Å². The SMILES string of the molecule is CC(C)n1c(SCc2nc3ccccc3[nH]2)nc2ccccc21. The number of benzene rings is 2. The molecule has 0 atom stereocenters. The minimum Gasteiger partial charge on any atom is -0.341 e. The van der Waals surface area contributed by atoms with Gasteiger partial charge in [-0.3, -0.25) is 0 Å². The summed E-state index contributed by atoms with van der Waals surface area (Å²) in [6.07, 6.45) is 0. The number of hydrogen-bond acceptors (Lipinski definition) is 3. The number of thioether (sulfide) groups is 1. The van der Waals surface area contributed by atoms with Crippen LogP contribution in [0.3, 0.4) is 0 Å². The number of H-pyrrole nitrogens is 1. The Hall–Kier alpha value is -2.27. The highest BCUT2D eigenvalue weighted by atomic mass is 32.2. The van der Waals surface area contributed by atoms with Gasteiger partial charge in [0.05, 0.1) is 27.8 Å². The topological polar surface area (TPSA) is 46.5 Å². The van der Waals surface area contributed by atoms with Crippen LogP contribution in [-0.2, 0) is 5.75 Å². The second-order valence-corrected chi connectivity index (χ2v) is 6.78. The summed E-state index contributed by atoms with van der Waals surface area (Å²) in [6, 6.07) is 16.8. The van der Waals surface area contributed by atoms with Gasteiger partial charge >= 0.3 is 0 Å². The molecule has 5 heteroatoms. The molecule has 0 saturated heterocycles. The van der Waals surface area contributed by atoms with Crippen LogP contribution in [0.15, 0.2) is 53.7 Å². The molecule has 0 aliphatic rings. The van der Waals surface area contributed by atoms with E-state index in [9.17, 15) is 0 Å². The summed E-state index contributed by atoms with van der Waals surface area (Å²) < 4.78 is 2.29. The Balaban J connectivity index is 1.65. The zero-order valence-electron chi connectivity index (χ0n) is 13.2. The Labute approximate surface area is 139 Å². The van der Waals surface area contributed by atoms with Crippen LogP contribution in [0.5, 0.6) is 0 Å². The fourth-order valence-electron chi connectivity index (χ4n) is 2.83. The number of nitrogens with zero attached hydrogens (tertiary/aromatic N) is 3. The van der Waals surface area contributed by atoms with Crippen molar-refractivity contribution in [2.75, 3.05) is 0 Å². The van der Waals surface area contributed by atoms with Crippen molar-refractivity contribution < 1.29 is 0 Å². The summed E-state index contributed by atoms with van der Waals surface area (Å²) in [7, 11) is 0. The van der Waals surface area contributed by atoms with E-state index in [1.54, 1.807) is 11.8 Å². The van der Waals surface area contributed by atoms with Crippen molar-refractivity contribution in [2.45, 2.75) is 30.8 Å². The first-order valence-electron chi connectivity index (χ1n) is 7.76. The fourth-order valence-corrected chi connectivity index (χ4v) is 3.84. The molecule has 2 heterocycles. The quantitative estimate of drug-likeness (QED) is 0.550. The van der Waals surface area contributed by atoms with E-state index in [2.05, 4.69) is 52.6 Å². The Morgan fingerprint density at radius 3 is 2.52 bits per heavy atom. The molecule has 0 bridgehead atoms. The molecule has 4 aromatic rings. The predicted octanol–water partition coefficient (Wildman–Crippen LogP) is 4.79. The summed E-state index contributed by atoms with van der Waals surface area (Å²) in [4.78, 5) is 12.8. The molecule has 23 heavy (non-hydrogen) atoms. The van der Waals surface area contributed by atoms with Crippen molar-refractivity contribution in [1.82, 2.24) is 19.5 Å². The van der Waals surface area contributed by atoms with Crippen LogP contribution < -0.4 is 0 Å². The van der Waals surface area contributed by atoms with Gasteiger partial charge < -0.3 is 9.55 Å². The van der Waals surface area contributed by atoms with Crippen molar-refractivity contribution in [2.24, 2.45) is 0 Å². The fraction of sp³-hybridized carbons (Fsp3) is 0.222. The van der Waals surface area contributed by atoms with Gasteiger partial charge in [0.2, 0.25) is 0 Å². The van der Waals surface area contributed by atoms with Crippen LogP contribution in [0.4, 0.5) is 0 Å². The Kier molecular flexibility index (Phi) is 3.58. The molecule has 2 aromatic carbocycles. The Morgan fingerprint density at radius 2 is 1.74 bits per heavy atom. The molecule has 0 spiro atoms. The van der Waals surface area contributed by atoms with Gasteiger partial charge in [-0.2, -0.15) is 0 Å². The van der Waals surface area contributed by atoms with Gasteiger partial charge in [0.1, 0.15) is 5.82 Å². The first-order chi connectivity index (χ1) is 11.2. The van der Waals surface area contributed by atoms with Gasteiger partial charge in [-0.1, -0.05) is 36.0 Å². The third-order valence-electron chi connectivity index (χ3n) is 3.86. The van der Waals surface area contributed by atoms with Crippen LogP contribution in [0.1, 0.15) is 25.7 Å². The normalized spacial score (nSPS) is 11.8. The zero-order valence-corrected chi connectivity index (χ0v) is 14.0. The largest absolute Gasteiger partial charge is 0.341 e. The highest BCUT2D eigenvalue weighted by Crippen LogP contribution is 2.29. The monoisotopic (exact) mass is 322 g/mol. The standard InChI is InChI=1S/C18H18N4S/c1-12(2)22-16-10-6-5-9-15(16)21-18(22)23-11-17-19-13-7-3-4-8-14(13)20-17/h3-10,12H,11H2,1-2H3,(H,19,20). The minimum atomic E-state index is 0.376. The number of aromatic nitrogens is 4. The number of imidazole rings is 2. The summed E-state index contributed by atoms with van der Waals surface area (Å²) in [5.41, 5.74) is 4.34. The lowest BCUT2D eigenvalue weighted by molar-refractivity contribution is 0.566. The third kappa shape index (κ3) is 2.61. The van der Waals surface area contributed by atoms with E-state index in [0.29, 0.717) is 6.04 Å². The van der Waals surface area contributed by atoms with Gasteiger partial charge in [-0.15, -0.1) is 0 Å². The van der Waals surface area contributed by atoms with Crippen LogP contribution in [0.2, 0.25) is 0 Å². The summed E-state index contributed by atoms with van der Waals surface area (Å²) in [5.74, 6) is 1.77. The molecular formula is C18H18N4S. The molecule has 0 unspecified atom stereocenters. The van der Waals surface area contributed by atoms with Crippen molar-refractivity contribution >= 4 is 33.8 Å². The van der Waals surface area contributed by atoms with E-state index in [4.69, 9.17) is 4.98 Å². The van der Waals surface area contributed by atoms with E-state index in [0.717, 1.165) is 33.3 Å². The third-order valence-corrected chi connectivity index (χ3v) is 4.82. The Bertz CT molecular complexity index is 934. The van der Waals surface area contributed by atoms with E-state index in [-0.39, 0.29) is 0 Å². The van der Waals surface area contributed by atoms with Gasteiger partial charge in [0.15, 0.2) is 5.16 Å². The maximum atomic E-state index is 4.79. The molecule has 0 aliphatic carbocycles. The summed E-state index contributed by atoms with van der Waals surface area (Å²) >= 11 is 1.73. The first-order valence-corrected chi connectivity index (χ1v) is 8.74. The number of rotatable bonds is 4. The van der Waals surface area contributed by atoms with Crippen LogP contribution in [-0.4, -0.2) is 19.5 Å². The molecule has 2 aromatic heterocycles. The van der Waals surface area contributed by atoms with E-state index in [1.807, 2.05) is 24.3 Å². The minimum absolute atomic E-state index is 0.376. The zero-order chi connectivity index (χ0) is 15.8. The second-order valence-electron chi connectivity index (χ2n) is 5.84. The number of para-hydroxylation sites is 4. The number of nitrogens with one attached hydrogen (secondary N) is 1. The maximum absolute atomic E-state index is 4.79. The average molecular weight is 322 g/mol. The second kappa shape index (κ2) is 5.74. The molecule has 4 rings (SSSR count). The molecule has 0 fully saturated rings. The molecule has 4 nitrogen and oxygen atoms in total. The van der Waals surface area contributed by atoms with Crippen LogP contribution >= 0.6 is 11.8 Å². The van der Waals surface area contributed by atoms with Crippen molar-refractivity contribution in [3.8, 4) is 0 Å². The number of aromatic amines is 1. The highest BCUT2D eigenvalue weighted by Gasteiger charge is 2.14. The van der Waals surface area contributed by atoms with E-state index < -0.39 is 0 Å². The van der Waals surface area contributed by atoms with Gasteiger partial charge in [-0.25, -0.2) is 9.97 Å². The average Bonchev–Trinajstić information content (AvgIpc) is 3.13. The Morgan fingerprint density at radius 1 is 1.00 bits per heavy atom. The molecule has 1 N–H and O–H groups in total.